The van der Waals surface area contributed by atoms with Gasteiger partial charge in [-0.1, -0.05) is 30.3 Å². The number of rotatable bonds is 7. The lowest BCUT2D eigenvalue weighted by Gasteiger charge is -2.36. The van der Waals surface area contributed by atoms with Gasteiger partial charge in [-0.15, -0.1) is 11.3 Å². The Kier molecular flexibility index (Phi) is 7.73. The Morgan fingerprint density at radius 3 is 2.52 bits per heavy atom. The average molecular weight is 558 g/mol. The molecule has 208 valence electrons. The van der Waals surface area contributed by atoms with Crippen molar-refractivity contribution in [3.8, 4) is 5.75 Å². The predicted molar refractivity (Wildman–Crippen MR) is 158 cm³/mol. The van der Waals surface area contributed by atoms with Crippen molar-refractivity contribution < 1.29 is 14.3 Å². The number of likely N-dealkylation sites (tertiary alicyclic amines) is 1. The summed E-state index contributed by atoms with van der Waals surface area (Å²) in [6.07, 6.45) is 4.11. The first-order valence-electron chi connectivity index (χ1n) is 14.1. The van der Waals surface area contributed by atoms with Crippen LogP contribution in [-0.4, -0.2) is 77.5 Å². The molecule has 0 radical (unpaired) electrons. The summed E-state index contributed by atoms with van der Waals surface area (Å²) in [6.45, 7) is 6.90. The number of para-hydroxylation sites is 3. The van der Waals surface area contributed by atoms with Gasteiger partial charge in [-0.2, -0.15) is 0 Å². The number of nitrogens with zero attached hydrogens (tertiary/aromatic N) is 4. The Hall–Kier alpha value is -3.85. The molecule has 0 unspecified atom stereocenters. The average Bonchev–Trinajstić information content (AvgIpc) is 3.66. The van der Waals surface area contributed by atoms with Crippen LogP contribution in [0.2, 0.25) is 0 Å². The third-order valence-corrected chi connectivity index (χ3v) is 9.03. The third-order valence-electron chi connectivity index (χ3n) is 8.03. The van der Waals surface area contributed by atoms with Crippen LogP contribution in [-0.2, 0) is 11.2 Å². The lowest BCUT2D eigenvalue weighted by molar-refractivity contribution is -0.131. The SMILES string of the molecule is CCOc1ccccc1N1CCN(C(=O)c2csc(C3CCN(C(=O)Cc4c[nH]c5ccccc45)CC3)n2)CC1. The number of carbonyl (C=O) groups excluding carboxylic acids is 2. The zero-order valence-electron chi connectivity index (χ0n) is 22.8. The van der Waals surface area contributed by atoms with E-state index in [2.05, 4.69) is 22.0 Å². The fourth-order valence-electron chi connectivity index (χ4n) is 5.81. The lowest BCUT2D eigenvalue weighted by Crippen LogP contribution is -2.49. The second-order valence-electron chi connectivity index (χ2n) is 10.4. The first-order chi connectivity index (χ1) is 19.6. The highest BCUT2D eigenvalue weighted by atomic mass is 32.1. The first kappa shape index (κ1) is 26.4. The molecule has 2 aliphatic rings. The molecule has 0 saturated carbocycles. The normalized spacial score (nSPS) is 16.5. The monoisotopic (exact) mass is 557 g/mol. The maximum Gasteiger partial charge on any atom is 0.273 e. The van der Waals surface area contributed by atoms with Crippen molar-refractivity contribution in [2.24, 2.45) is 0 Å². The molecule has 40 heavy (non-hydrogen) atoms. The van der Waals surface area contributed by atoms with E-state index in [1.165, 1.54) is 0 Å². The highest BCUT2D eigenvalue weighted by molar-refractivity contribution is 7.09. The molecule has 2 fully saturated rings. The molecule has 2 amide bonds. The molecule has 6 rings (SSSR count). The van der Waals surface area contributed by atoms with E-state index in [-0.39, 0.29) is 17.7 Å². The minimum atomic E-state index is 0.00610. The lowest BCUT2D eigenvalue weighted by atomic mass is 9.97. The largest absolute Gasteiger partial charge is 0.492 e. The number of amides is 2. The fraction of sp³-hybridized carbons (Fsp3) is 0.387. The number of aromatic nitrogens is 2. The maximum atomic E-state index is 13.3. The number of piperidine rings is 1. The number of carbonyl (C=O) groups is 2. The summed E-state index contributed by atoms with van der Waals surface area (Å²) in [6, 6.07) is 16.2. The number of piperazine rings is 1. The summed E-state index contributed by atoms with van der Waals surface area (Å²) in [5, 5.41) is 4.03. The van der Waals surface area contributed by atoms with Gasteiger partial charge in [0, 0.05) is 67.7 Å². The molecule has 1 N–H and O–H groups in total. The van der Waals surface area contributed by atoms with Crippen LogP contribution in [0.15, 0.2) is 60.1 Å². The Balaban J connectivity index is 1.01. The molecule has 2 aromatic carbocycles. The van der Waals surface area contributed by atoms with Crippen molar-refractivity contribution in [3.05, 3.63) is 76.4 Å². The molecule has 9 heteroatoms. The van der Waals surface area contributed by atoms with Crippen molar-refractivity contribution >= 4 is 39.7 Å². The Morgan fingerprint density at radius 1 is 0.975 bits per heavy atom. The number of aromatic amines is 1. The van der Waals surface area contributed by atoms with Crippen LogP contribution in [0.1, 0.15) is 46.7 Å². The number of hydrogen-bond donors (Lipinski definition) is 1. The van der Waals surface area contributed by atoms with Crippen molar-refractivity contribution in [3.63, 3.8) is 0 Å². The Bertz CT molecular complexity index is 1480. The van der Waals surface area contributed by atoms with Crippen molar-refractivity contribution in [1.29, 1.82) is 0 Å². The molecule has 4 heterocycles. The molecule has 2 saturated heterocycles. The van der Waals surface area contributed by atoms with Gasteiger partial charge >= 0.3 is 0 Å². The van der Waals surface area contributed by atoms with Crippen LogP contribution >= 0.6 is 11.3 Å². The second kappa shape index (κ2) is 11.7. The standard InChI is InChI=1S/C31H35N5O3S/c1-2-39-28-10-6-5-9-27(28)34-15-17-36(18-16-34)31(38)26-21-40-30(33-26)22-11-13-35(14-12-22)29(37)19-23-20-32-25-8-4-3-7-24(23)25/h3-10,20-22,32H,2,11-19H2,1H3. The zero-order valence-corrected chi connectivity index (χ0v) is 23.7. The van der Waals surface area contributed by atoms with Crippen molar-refractivity contribution in [2.75, 3.05) is 50.8 Å². The van der Waals surface area contributed by atoms with E-state index in [9.17, 15) is 9.59 Å². The number of benzene rings is 2. The summed E-state index contributed by atoms with van der Waals surface area (Å²) in [5.41, 5.74) is 3.73. The third kappa shape index (κ3) is 5.43. The number of nitrogens with one attached hydrogen (secondary N) is 1. The van der Waals surface area contributed by atoms with E-state index in [1.807, 2.05) is 64.7 Å². The van der Waals surface area contributed by atoms with Gasteiger partial charge in [0.05, 0.1) is 23.7 Å². The molecular formula is C31H35N5O3S. The van der Waals surface area contributed by atoms with Crippen LogP contribution < -0.4 is 9.64 Å². The number of anilines is 1. The summed E-state index contributed by atoms with van der Waals surface area (Å²) in [5.74, 6) is 1.35. The van der Waals surface area contributed by atoms with Gasteiger partial charge < -0.3 is 24.4 Å². The highest BCUT2D eigenvalue weighted by Crippen LogP contribution is 2.32. The molecule has 2 aliphatic heterocycles. The van der Waals surface area contributed by atoms with Gasteiger partial charge in [0.25, 0.3) is 5.91 Å². The topological polar surface area (TPSA) is 81.8 Å². The molecule has 8 nitrogen and oxygen atoms in total. The van der Waals surface area contributed by atoms with E-state index >= 15 is 0 Å². The van der Waals surface area contributed by atoms with Gasteiger partial charge in [0.1, 0.15) is 11.4 Å². The van der Waals surface area contributed by atoms with Crippen LogP contribution in [0.3, 0.4) is 0 Å². The molecular weight excluding hydrogens is 522 g/mol. The molecule has 2 aromatic heterocycles. The number of H-pyrrole nitrogens is 1. The maximum absolute atomic E-state index is 13.3. The van der Waals surface area contributed by atoms with Gasteiger partial charge in [0.15, 0.2) is 0 Å². The quantitative estimate of drug-likeness (QED) is 0.348. The minimum absolute atomic E-state index is 0.00610. The molecule has 4 aromatic rings. The summed E-state index contributed by atoms with van der Waals surface area (Å²) >= 11 is 1.57. The minimum Gasteiger partial charge on any atom is -0.492 e. The van der Waals surface area contributed by atoms with Gasteiger partial charge in [-0.25, -0.2) is 4.98 Å². The predicted octanol–water partition coefficient (Wildman–Crippen LogP) is 4.93. The molecule has 0 aliphatic carbocycles. The summed E-state index contributed by atoms with van der Waals surface area (Å²) in [7, 11) is 0. The Labute approximate surface area is 238 Å². The van der Waals surface area contributed by atoms with E-state index in [0.717, 1.165) is 71.9 Å². The Morgan fingerprint density at radius 2 is 1.73 bits per heavy atom. The first-order valence-corrected chi connectivity index (χ1v) is 15.0. The zero-order chi connectivity index (χ0) is 27.5. The molecule has 0 bridgehead atoms. The van der Waals surface area contributed by atoms with E-state index < -0.39 is 0 Å². The van der Waals surface area contributed by atoms with Gasteiger partial charge in [-0.05, 0) is 43.5 Å². The molecule has 0 atom stereocenters. The van der Waals surface area contributed by atoms with E-state index in [1.54, 1.807) is 11.3 Å². The fourth-order valence-corrected chi connectivity index (χ4v) is 6.78. The summed E-state index contributed by atoms with van der Waals surface area (Å²) < 4.78 is 5.80. The summed E-state index contributed by atoms with van der Waals surface area (Å²) in [4.78, 5) is 40.5. The number of fused-ring (bicyclic) bond motifs is 1. The van der Waals surface area contributed by atoms with E-state index in [4.69, 9.17) is 9.72 Å². The van der Waals surface area contributed by atoms with Crippen molar-refractivity contribution in [2.45, 2.75) is 32.1 Å². The number of ether oxygens (including phenoxy) is 1. The van der Waals surface area contributed by atoms with Gasteiger partial charge in [0.2, 0.25) is 5.91 Å². The van der Waals surface area contributed by atoms with Crippen LogP contribution in [0.25, 0.3) is 10.9 Å². The highest BCUT2D eigenvalue weighted by Gasteiger charge is 2.29. The van der Waals surface area contributed by atoms with Crippen LogP contribution in [0, 0.1) is 0 Å². The second-order valence-corrected chi connectivity index (χ2v) is 11.3. The number of hydrogen-bond acceptors (Lipinski definition) is 6. The molecule has 0 spiro atoms. The van der Waals surface area contributed by atoms with Crippen LogP contribution in [0.4, 0.5) is 5.69 Å². The van der Waals surface area contributed by atoms with Gasteiger partial charge in [-0.3, -0.25) is 9.59 Å². The number of thiazole rings is 1. The van der Waals surface area contributed by atoms with Crippen molar-refractivity contribution in [1.82, 2.24) is 19.8 Å². The van der Waals surface area contributed by atoms with Crippen LogP contribution in [0.5, 0.6) is 5.75 Å². The smallest absolute Gasteiger partial charge is 0.273 e. The van der Waals surface area contributed by atoms with E-state index in [0.29, 0.717) is 31.8 Å².